The minimum Gasteiger partial charge on any atom is -0.399 e. The summed E-state index contributed by atoms with van der Waals surface area (Å²) in [6, 6.07) is 5.44. The van der Waals surface area contributed by atoms with Crippen molar-refractivity contribution in [2.75, 3.05) is 5.73 Å². The molecule has 0 aliphatic heterocycles. The van der Waals surface area contributed by atoms with E-state index in [-0.39, 0.29) is 5.56 Å². The highest BCUT2D eigenvalue weighted by Gasteiger charge is 2.05. The van der Waals surface area contributed by atoms with E-state index in [1.165, 1.54) is 0 Å². The number of anilines is 1. The van der Waals surface area contributed by atoms with Crippen LogP contribution in [0.25, 0.3) is 10.8 Å². The third-order valence-electron chi connectivity index (χ3n) is 2.40. The predicted octanol–water partition coefficient (Wildman–Crippen LogP) is 2.37. The van der Waals surface area contributed by atoms with Gasteiger partial charge in [0.05, 0.1) is 5.39 Å². The molecule has 0 spiro atoms. The Labute approximate surface area is 95.6 Å². The monoisotopic (exact) mass is 266 g/mol. The number of nitrogen functional groups attached to an aromatic ring is 1. The van der Waals surface area contributed by atoms with E-state index < -0.39 is 0 Å². The molecule has 2 rings (SSSR count). The molecule has 0 amide bonds. The molecular formula is C11H11BrN2O. The average molecular weight is 267 g/mol. The topological polar surface area (TPSA) is 48.0 Å². The number of halogens is 1. The SMILES string of the molecule is CCn1ccc2c(Br)cc(N)cc2c1=O. The smallest absolute Gasteiger partial charge is 0.258 e. The number of fused-ring (bicyclic) bond motifs is 1. The van der Waals surface area contributed by atoms with Gasteiger partial charge in [0.15, 0.2) is 0 Å². The van der Waals surface area contributed by atoms with Gasteiger partial charge in [-0.25, -0.2) is 0 Å². The molecule has 0 fully saturated rings. The normalized spacial score (nSPS) is 10.8. The summed E-state index contributed by atoms with van der Waals surface area (Å²) in [5.74, 6) is 0. The van der Waals surface area contributed by atoms with Gasteiger partial charge >= 0.3 is 0 Å². The van der Waals surface area contributed by atoms with Crippen molar-refractivity contribution in [3.05, 3.63) is 39.2 Å². The lowest BCUT2D eigenvalue weighted by Crippen LogP contribution is -2.18. The number of aromatic nitrogens is 1. The lowest BCUT2D eigenvalue weighted by atomic mass is 10.1. The summed E-state index contributed by atoms with van der Waals surface area (Å²) in [4.78, 5) is 12.0. The molecule has 0 radical (unpaired) electrons. The van der Waals surface area contributed by atoms with Crippen LogP contribution in [0.15, 0.2) is 33.7 Å². The first-order valence-corrected chi connectivity index (χ1v) is 5.51. The van der Waals surface area contributed by atoms with Gasteiger partial charge in [-0.2, -0.15) is 0 Å². The number of rotatable bonds is 1. The third kappa shape index (κ3) is 1.65. The molecule has 4 heteroatoms. The Morgan fingerprint density at radius 1 is 1.40 bits per heavy atom. The summed E-state index contributed by atoms with van der Waals surface area (Å²) in [6.45, 7) is 2.61. The van der Waals surface area contributed by atoms with Crippen LogP contribution in [-0.2, 0) is 6.54 Å². The van der Waals surface area contributed by atoms with Gasteiger partial charge in [0.2, 0.25) is 0 Å². The zero-order valence-electron chi connectivity index (χ0n) is 8.33. The van der Waals surface area contributed by atoms with Crippen molar-refractivity contribution in [2.45, 2.75) is 13.5 Å². The minimum absolute atomic E-state index is 0.00278. The van der Waals surface area contributed by atoms with Crippen LogP contribution in [-0.4, -0.2) is 4.57 Å². The second kappa shape index (κ2) is 3.70. The molecule has 78 valence electrons. The number of nitrogens with two attached hydrogens (primary N) is 1. The fourth-order valence-corrected chi connectivity index (χ4v) is 2.23. The van der Waals surface area contributed by atoms with Crippen LogP contribution in [0.5, 0.6) is 0 Å². The number of nitrogens with zero attached hydrogens (tertiary/aromatic N) is 1. The second-order valence-corrected chi connectivity index (χ2v) is 4.23. The van der Waals surface area contributed by atoms with Crippen LogP contribution in [0.4, 0.5) is 5.69 Å². The summed E-state index contributed by atoms with van der Waals surface area (Å²) in [5, 5.41) is 1.56. The number of aryl methyl sites for hydroxylation is 1. The highest BCUT2D eigenvalue weighted by Crippen LogP contribution is 2.24. The molecule has 0 atom stereocenters. The van der Waals surface area contributed by atoms with Gasteiger partial charge in [0.1, 0.15) is 0 Å². The van der Waals surface area contributed by atoms with Gasteiger partial charge in [-0.3, -0.25) is 4.79 Å². The largest absolute Gasteiger partial charge is 0.399 e. The van der Waals surface area contributed by atoms with Gasteiger partial charge in [0, 0.05) is 28.3 Å². The molecule has 1 aromatic carbocycles. The van der Waals surface area contributed by atoms with E-state index in [9.17, 15) is 4.79 Å². The van der Waals surface area contributed by atoms with Crippen LogP contribution < -0.4 is 11.3 Å². The van der Waals surface area contributed by atoms with Crippen molar-refractivity contribution in [3.63, 3.8) is 0 Å². The van der Waals surface area contributed by atoms with Crippen LogP contribution in [0.2, 0.25) is 0 Å². The first-order valence-electron chi connectivity index (χ1n) is 4.71. The zero-order chi connectivity index (χ0) is 11.0. The van der Waals surface area contributed by atoms with Crippen molar-refractivity contribution >= 4 is 32.4 Å². The van der Waals surface area contributed by atoms with Crippen molar-refractivity contribution in [3.8, 4) is 0 Å². The fourth-order valence-electron chi connectivity index (χ4n) is 1.62. The lowest BCUT2D eigenvalue weighted by Gasteiger charge is -2.06. The maximum Gasteiger partial charge on any atom is 0.258 e. The third-order valence-corrected chi connectivity index (χ3v) is 3.06. The number of benzene rings is 1. The standard InChI is InChI=1S/C11H11BrN2O/c1-2-14-4-3-8-9(11(14)15)5-7(13)6-10(8)12/h3-6H,2,13H2,1H3. The Morgan fingerprint density at radius 3 is 2.80 bits per heavy atom. The lowest BCUT2D eigenvalue weighted by molar-refractivity contribution is 0.735. The van der Waals surface area contributed by atoms with Crippen LogP contribution in [0.1, 0.15) is 6.92 Å². The molecule has 2 N–H and O–H groups in total. The maximum atomic E-state index is 12.0. The summed E-state index contributed by atoms with van der Waals surface area (Å²) in [7, 11) is 0. The van der Waals surface area contributed by atoms with E-state index in [0.29, 0.717) is 17.6 Å². The Kier molecular flexibility index (Phi) is 2.52. The van der Waals surface area contributed by atoms with Crippen molar-refractivity contribution in [1.29, 1.82) is 0 Å². The quantitative estimate of drug-likeness (QED) is 0.806. The highest BCUT2D eigenvalue weighted by atomic mass is 79.9. The van der Waals surface area contributed by atoms with Crippen molar-refractivity contribution in [2.24, 2.45) is 0 Å². The highest BCUT2D eigenvalue weighted by molar-refractivity contribution is 9.10. The number of hydrogen-bond donors (Lipinski definition) is 1. The molecule has 3 nitrogen and oxygen atoms in total. The van der Waals surface area contributed by atoms with E-state index >= 15 is 0 Å². The van der Waals surface area contributed by atoms with Gasteiger partial charge in [-0.1, -0.05) is 15.9 Å². The van der Waals surface area contributed by atoms with Gasteiger partial charge < -0.3 is 10.3 Å². The average Bonchev–Trinajstić information content (AvgIpc) is 2.19. The van der Waals surface area contributed by atoms with Crippen molar-refractivity contribution < 1.29 is 0 Å². The second-order valence-electron chi connectivity index (χ2n) is 3.37. The molecular weight excluding hydrogens is 256 g/mol. The Bertz CT molecular complexity index is 575. The first-order chi connectivity index (χ1) is 7.13. The van der Waals surface area contributed by atoms with E-state index in [2.05, 4.69) is 15.9 Å². The predicted molar refractivity (Wildman–Crippen MR) is 66.0 cm³/mol. The Balaban J connectivity index is 2.93. The molecule has 1 heterocycles. The van der Waals surface area contributed by atoms with E-state index in [0.717, 1.165) is 9.86 Å². The zero-order valence-corrected chi connectivity index (χ0v) is 9.91. The number of hydrogen-bond acceptors (Lipinski definition) is 2. The molecule has 0 saturated carbocycles. The molecule has 0 aliphatic carbocycles. The van der Waals surface area contributed by atoms with E-state index in [1.807, 2.05) is 13.0 Å². The van der Waals surface area contributed by atoms with Crippen LogP contribution >= 0.6 is 15.9 Å². The Hall–Kier alpha value is -1.29. The van der Waals surface area contributed by atoms with E-state index in [1.54, 1.807) is 22.9 Å². The molecule has 0 aliphatic rings. The van der Waals surface area contributed by atoms with Crippen LogP contribution in [0.3, 0.4) is 0 Å². The summed E-state index contributed by atoms with van der Waals surface area (Å²) in [5.41, 5.74) is 6.31. The van der Waals surface area contributed by atoms with Gasteiger partial charge in [0.25, 0.3) is 5.56 Å². The first kappa shape index (κ1) is 10.2. The molecule has 2 aromatic rings. The summed E-state index contributed by atoms with van der Waals surface area (Å²) >= 11 is 3.40. The van der Waals surface area contributed by atoms with Gasteiger partial charge in [-0.15, -0.1) is 0 Å². The fraction of sp³-hybridized carbons (Fsp3) is 0.182. The molecule has 15 heavy (non-hydrogen) atoms. The van der Waals surface area contributed by atoms with Crippen molar-refractivity contribution in [1.82, 2.24) is 4.57 Å². The maximum absolute atomic E-state index is 12.0. The van der Waals surface area contributed by atoms with E-state index in [4.69, 9.17) is 5.73 Å². The summed E-state index contributed by atoms with van der Waals surface area (Å²) in [6.07, 6.45) is 1.80. The molecule has 0 saturated heterocycles. The molecule has 0 unspecified atom stereocenters. The number of pyridine rings is 1. The molecule has 1 aromatic heterocycles. The van der Waals surface area contributed by atoms with Crippen LogP contribution in [0, 0.1) is 0 Å². The summed E-state index contributed by atoms with van der Waals surface area (Å²) < 4.78 is 2.52. The van der Waals surface area contributed by atoms with Gasteiger partial charge in [-0.05, 0) is 25.1 Å². The Morgan fingerprint density at radius 2 is 2.13 bits per heavy atom. The molecule has 0 bridgehead atoms. The minimum atomic E-state index is 0.00278.